The molecule has 4 aromatic rings. The van der Waals surface area contributed by atoms with Crippen molar-refractivity contribution in [3.8, 4) is 5.75 Å². The van der Waals surface area contributed by atoms with Crippen LogP contribution in [0, 0.1) is 0 Å². The molecule has 39 heavy (non-hydrogen) atoms. The van der Waals surface area contributed by atoms with Crippen LogP contribution in [0.15, 0.2) is 107 Å². The molecule has 0 aliphatic rings. The van der Waals surface area contributed by atoms with Crippen LogP contribution in [0.5, 0.6) is 5.75 Å². The van der Waals surface area contributed by atoms with Crippen molar-refractivity contribution in [1.29, 1.82) is 0 Å². The van der Waals surface area contributed by atoms with Crippen molar-refractivity contribution in [1.82, 2.24) is 5.43 Å². The van der Waals surface area contributed by atoms with Crippen LogP contribution in [-0.4, -0.2) is 27.1 Å². The molecular weight excluding hydrogens is 581 g/mol. The van der Waals surface area contributed by atoms with Gasteiger partial charge in [-0.3, -0.25) is 9.10 Å². The Labute approximate surface area is 241 Å². The standard InChI is InChI=1S/C28H22Cl3N3O4S/c29-22-14-23(30)16-24(15-22)34(39(36,37)26-7-2-1-3-8-26)18-28(35)33-32-17-20-10-12-25(13-11-20)38-19-21-6-4-5-9-27(21)31/h1-17H,18-19H2,(H,33,35)/b32-17-. The second kappa shape index (κ2) is 13.0. The summed E-state index contributed by atoms with van der Waals surface area (Å²) in [6.07, 6.45) is 1.43. The summed E-state index contributed by atoms with van der Waals surface area (Å²) in [5, 5.41) is 5.04. The minimum absolute atomic E-state index is 0.00856. The van der Waals surface area contributed by atoms with Gasteiger partial charge in [-0.1, -0.05) is 71.2 Å². The highest BCUT2D eigenvalue weighted by Gasteiger charge is 2.27. The maximum atomic E-state index is 13.4. The predicted octanol–water partition coefficient (Wildman–Crippen LogP) is 6.57. The second-order valence-electron chi connectivity index (χ2n) is 8.19. The molecule has 0 fully saturated rings. The number of carbonyl (C=O) groups excluding carboxylic acids is 1. The molecule has 0 atom stereocenters. The maximum absolute atomic E-state index is 13.4. The molecule has 4 rings (SSSR count). The molecule has 7 nitrogen and oxygen atoms in total. The van der Waals surface area contributed by atoms with Gasteiger partial charge in [-0.25, -0.2) is 13.8 Å². The van der Waals surface area contributed by atoms with E-state index in [4.69, 9.17) is 39.5 Å². The van der Waals surface area contributed by atoms with Crippen molar-refractivity contribution in [3.05, 3.63) is 123 Å². The molecule has 0 aliphatic heterocycles. The first kappa shape index (κ1) is 28.4. The number of halogens is 3. The Kier molecular flexibility index (Phi) is 9.48. The van der Waals surface area contributed by atoms with Crippen LogP contribution in [0.1, 0.15) is 11.1 Å². The minimum atomic E-state index is -4.11. The Bertz CT molecular complexity index is 1560. The lowest BCUT2D eigenvalue weighted by atomic mass is 10.2. The van der Waals surface area contributed by atoms with Crippen molar-refractivity contribution in [2.75, 3.05) is 10.8 Å². The van der Waals surface area contributed by atoms with E-state index in [1.165, 1.54) is 36.5 Å². The van der Waals surface area contributed by atoms with Gasteiger partial charge in [0.2, 0.25) is 0 Å². The molecule has 0 bridgehead atoms. The minimum Gasteiger partial charge on any atom is -0.489 e. The van der Waals surface area contributed by atoms with Crippen LogP contribution in [0.2, 0.25) is 15.1 Å². The topological polar surface area (TPSA) is 88.1 Å². The van der Waals surface area contributed by atoms with Crippen LogP contribution < -0.4 is 14.5 Å². The molecule has 0 spiro atoms. The third kappa shape index (κ3) is 7.74. The summed E-state index contributed by atoms with van der Waals surface area (Å²) in [5.41, 5.74) is 4.07. The summed E-state index contributed by atoms with van der Waals surface area (Å²) < 4.78 is 33.5. The SMILES string of the molecule is O=C(CN(c1cc(Cl)cc(Cl)c1)S(=O)(=O)c1ccccc1)N/N=C\c1ccc(OCc2ccccc2Cl)cc1. The van der Waals surface area contributed by atoms with Gasteiger partial charge in [0.05, 0.1) is 16.8 Å². The third-order valence-corrected chi connectivity index (χ3v) is 7.98. The van der Waals surface area contributed by atoms with Gasteiger partial charge in [-0.15, -0.1) is 0 Å². The fraction of sp³-hybridized carbons (Fsp3) is 0.0714. The smallest absolute Gasteiger partial charge is 0.264 e. The summed E-state index contributed by atoms with van der Waals surface area (Å²) in [6.45, 7) is -0.233. The number of ether oxygens (including phenoxy) is 1. The highest BCUT2D eigenvalue weighted by molar-refractivity contribution is 7.92. The number of nitrogens with one attached hydrogen (secondary N) is 1. The Morgan fingerprint density at radius 3 is 2.18 bits per heavy atom. The number of anilines is 1. The first-order valence-electron chi connectivity index (χ1n) is 11.5. The Hall–Kier alpha value is -3.56. The van der Waals surface area contributed by atoms with Crippen molar-refractivity contribution < 1.29 is 17.9 Å². The van der Waals surface area contributed by atoms with Gasteiger partial charge in [-0.05, 0) is 66.2 Å². The van der Waals surface area contributed by atoms with Crippen molar-refractivity contribution in [2.24, 2.45) is 5.10 Å². The molecule has 0 heterocycles. The Morgan fingerprint density at radius 2 is 1.51 bits per heavy atom. The summed E-state index contributed by atoms with van der Waals surface area (Å²) in [4.78, 5) is 12.7. The number of nitrogens with zero attached hydrogens (tertiary/aromatic N) is 2. The van der Waals surface area contributed by atoms with Gasteiger partial charge in [0.1, 0.15) is 18.9 Å². The summed E-state index contributed by atoms with van der Waals surface area (Å²) >= 11 is 18.4. The predicted molar refractivity (Wildman–Crippen MR) is 155 cm³/mol. The van der Waals surface area contributed by atoms with Gasteiger partial charge in [0.15, 0.2) is 0 Å². The molecule has 0 radical (unpaired) electrons. The number of rotatable bonds is 10. The van der Waals surface area contributed by atoms with Crippen LogP contribution in [0.25, 0.3) is 0 Å². The molecule has 200 valence electrons. The van der Waals surface area contributed by atoms with Gasteiger partial charge >= 0.3 is 0 Å². The zero-order valence-electron chi connectivity index (χ0n) is 20.3. The lowest BCUT2D eigenvalue weighted by Crippen LogP contribution is -2.39. The van der Waals surface area contributed by atoms with E-state index in [0.717, 1.165) is 9.87 Å². The first-order valence-corrected chi connectivity index (χ1v) is 14.1. The number of amides is 1. The molecule has 1 amide bonds. The van der Waals surface area contributed by atoms with Gasteiger partial charge in [-0.2, -0.15) is 5.10 Å². The molecule has 4 aromatic carbocycles. The third-order valence-electron chi connectivity index (χ3n) is 5.39. The highest BCUT2D eigenvalue weighted by atomic mass is 35.5. The zero-order chi connectivity index (χ0) is 27.8. The fourth-order valence-electron chi connectivity index (χ4n) is 3.49. The van der Waals surface area contributed by atoms with E-state index in [1.807, 2.05) is 18.2 Å². The molecule has 0 saturated carbocycles. The second-order valence-corrected chi connectivity index (χ2v) is 11.3. The quantitative estimate of drug-likeness (QED) is 0.164. The monoisotopic (exact) mass is 601 g/mol. The maximum Gasteiger partial charge on any atom is 0.264 e. The average molecular weight is 603 g/mol. The van der Waals surface area contributed by atoms with E-state index in [0.29, 0.717) is 22.9 Å². The van der Waals surface area contributed by atoms with Gasteiger partial charge in [0, 0.05) is 20.6 Å². The van der Waals surface area contributed by atoms with Crippen LogP contribution in [0.4, 0.5) is 5.69 Å². The van der Waals surface area contributed by atoms with Crippen LogP contribution in [-0.2, 0) is 21.4 Å². The van der Waals surface area contributed by atoms with E-state index in [2.05, 4.69) is 10.5 Å². The average Bonchev–Trinajstić information content (AvgIpc) is 2.92. The molecule has 11 heteroatoms. The van der Waals surface area contributed by atoms with Crippen LogP contribution >= 0.6 is 34.8 Å². The largest absolute Gasteiger partial charge is 0.489 e. The molecule has 0 aliphatic carbocycles. The summed E-state index contributed by atoms with van der Waals surface area (Å²) in [6, 6.07) is 26.5. The Morgan fingerprint density at radius 1 is 0.872 bits per heavy atom. The number of sulfonamides is 1. The van der Waals surface area contributed by atoms with Crippen molar-refractivity contribution >= 4 is 62.6 Å². The zero-order valence-corrected chi connectivity index (χ0v) is 23.4. The number of hydrogen-bond donors (Lipinski definition) is 1. The fourth-order valence-corrected chi connectivity index (χ4v) is 5.62. The molecule has 0 unspecified atom stereocenters. The van der Waals surface area contributed by atoms with E-state index in [9.17, 15) is 13.2 Å². The summed E-state index contributed by atoms with van der Waals surface area (Å²) in [5.74, 6) is -0.0282. The van der Waals surface area contributed by atoms with Crippen LogP contribution in [0.3, 0.4) is 0 Å². The number of benzene rings is 4. The highest BCUT2D eigenvalue weighted by Crippen LogP contribution is 2.29. The molecule has 0 saturated heterocycles. The molecule has 0 aromatic heterocycles. The lowest BCUT2D eigenvalue weighted by molar-refractivity contribution is -0.119. The summed E-state index contributed by atoms with van der Waals surface area (Å²) in [7, 11) is -4.11. The lowest BCUT2D eigenvalue weighted by Gasteiger charge is -2.24. The van der Waals surface area contributed by atoms with Crippen molar-refractivity contribution in [3.63, 3.8) is 0 Å². The normalized spacial score (nSPS) is 11.4. The van der Waals surface area contributed by atoms with Crippen molar-refractivity contribution in [2.45, 2.75) is 11.5 Å². The molecule has 1 N–H and O–H groups in total. The van der Waals surface area contributed by atoms with E-state index >= 15 is 0 Å². The number of hydrogen-bond acceptors (Lipinski definition) is 5. The number of carbonyl (C=O) groups is 1. The van der Waals surface area contributed by atoms with E-state index in [-0.39, 0.29) is 20.6 Å². The van der Waals surface area contributed by atoms with Gasteiger partial charge in [0.25, 0.3) is 15.9 Å². The van der Waals surface area contributed by atoms with E-state index in [1.54, 1.807) is 48.5 Å². The number of hydrazone groups is 1. The Balaban J connectivity index is 1.42. The van der Waals surface area contributed by atoms with Gasteiger partial charge < -0.3 is 4.74 Å². The van der Waals surface area contributed by atoms with E-state index < -0.39 is 22.5 Å². The first-order chi connectivity index (χ1) is 18.7. The molecular formula is C28H22Cl3N3O4S.